The van der Waals surface area contributed by atoms with Crippen molar-refractivity contribution in [2.75, 3.05) is 13.2 Å². The molecule has 3 heterocycles. The van der Waals surface area contributed by atoms with Crippen LogP contribution in [0.1, 0.15) is 19.0 Å². The number of aliphatic carboxylic acids is 1. The fourth-order valence-corrected chi connectivity index (χ4v) is 2.94. The van der Waals surface area contributed by atoms with Gasteiger partial charge in [0.2, 0.25) is 6.29 Å². The predicted molar refractivity (Wildman–Crippen MR) is 97.6 cm³/mol. The van der Waals surface area contributed by atoms with Crippen molar-refractivity contribution in [2.45, 2.75) is 13.2 Å². The van der Waals surface area contributed by atoms with Crippen LogP contribution in [0.4, 0.5) is 4.39 Å². The van der Waals surface area contributed by atoms with Crippen LogP contribution in [0.2, 0.25) is 0 Å². The van der Waals surface area contributed by atoms with Crippen molar-refractivity contribution in [3.8, 4) is 22.5 Å². The summed E-state index contributed by atoms with van der Waals surface area (Å²) >= 11 is 0. The van der Waals surface area contributed by atoms with Crippen LogP contribution in [0.5, 0.6) is 0 Å². The van der Waals surface area contributed by atoms with Gasteiger partial charge in [-0.1, -0.05) is 0 Å². The Morgan fingerprint density at radius 2 is 1.79 bits per heavy atom. The Hall–Kier alpha value is -3.10. The van der Waals surface area contributed by atoms with E-state index in [2.05, 4.69) is 15.0 Å². The van der Waals surface area contributed by atoms with E-state index in [0.29, 0.717) is 17.2 Å². The number of hydrogen-bond acceptors (Lipinski definition) is 5. The Morgan fingerprint density at radius 1 is 1.14 bits per heavy atom. The molecule has 8 heteroatoms. The highest BCUT2D eigenvalue weighted by Gasteiger charge is 2.40. The second kappa shape index (κ2) is 7.14. The Kier molecular flexibility index (Phi) is 4.66. The van der Waals surface area contributed by atoms with Gasteiger partial charge in [0.05, 0.1) is 24.6 Å². The van der Waals surface area contributed by atoms with E-state index in [1.807, 2.05) is 12.1 Å². The van der Waals surface area contributed by atoms with E-state index < -0.39 is 17.7 Å². The lowest BCUT2D eigenvalue weighted by Crippen LogP contribution is -2.42. The first kappa shape index (κ1) is 18.3. The maximum Gasteiger partial charge on any atom is 0.314 e. The molecule has 7 nitrogen and oxygen atoms in total. The number of carboxylic acid groups (broad SMARTS) is 1. The lowest BCUT2D eigenvalue weighted by atomic mass is 9.92. The first-order valence-electron chi connectivity index (χ1n) is 8.69. The third kappa shape index (κ3) is 3.39. The number of hydrogen-bond donors (Lipinski definition) is 2. The maximum atomic E-state index is 13.3. The highest BCUT2D eigenvalue weighted by Crippen LogP contribution is 2.35. The number of imidazole rings is 1. The van der Waals surface area contributed by atoms with E-state index in [9.17, 15) is 14.3 Å². The number of aromatic nitrogens is 3. The molecule has 0 unspecified atom stereocenters. The molecule has 28 heavy (non-hydrogen) atoms. The van der Waals surface area contributed by atoms with Crippen LogP contribution in [-0.4, -0.2) is 39.2 Å². The molecule has 0 spiro atoms. The molecule has 1 fully saturated rings. The second-order valence-corrected chi connectivity index (χ2v) is 6.91. The number of H-pyrrole nitrogens is 1. The van der Waals surface area contributed by atoms with Gasteiger partial charge in [-0.15, -0.1) is 0 Å². The molecular weight excluding hydrogens is 365 g/mol. The van der Waals surface area contributed by atoms with E-state index in [1.165, 1.54) is 12.1 Å². The van der Waals surface area contributed by atoms with E-state index in [-0.39, 0.29) is 19.0 Å². The van der Waals surface area contributed by atoms with E-state index in [0.717, 1.165) is 11.1 Å². The van der Waals surface area contributed by atoms with Crippen LogP contribution >= 0.6 is 0 Å². The molecule has 1 saturated heterocycles. The third-order valence-corrected chi connectivity index (χ3v) is 4.65. The minimum absolute atomic E-state index is 0.00414. The quantitative estimate of drug-likeness (QED) is 0.717. The van der Waals surface area contributed by atoms with E-state index >= 15 is 0 Å². The number of benzene rings is 1. The van der Waals surface area contributed by atoms with Gasteiger partial charge >= 0.3 is 5.97 Å². The molecule has 0 radical (unpaired) electrons. The maximum absolute atomic E-state index is 13.3. The number of halogens is 1. The van der Waals surface area contributed by atoms with Gasteiger partial charge in [-0.3, -0.25) is 9.78 Å². The number of carboxylic acids is 1. The summed E-state index contributed by atoms with van der Waals surface area (Å²) < 4.78 is 24.6. The Balaban J connectivity index is 1.70. The minimum Gasteiger partial charge on any atom is -0.481 e. The molecule has 1 aliphatic heterocycles. The highest BCUT2D eigenvalue weighted by atomic mass is 19.1. The van der Waals surface area contributed by atoms with Gasteiger partial charge in [-0.25, -0.2) is 9.37 Å². The van der Waals surface area contributed by atoms with Gasteiger partial charge in [-0.2, -0.15) is 0 Å². The number of nitrogens with one attached hydrogen (secondary N) is 1. The lowest BCUT2D eigenvalue weighted by molar-refractivity contribution is -0.236. The topological polar surface area (TPSA) is 97.3 Å². The smallest absolute Gasteiger partial charge is 0.314 e. The lowest BCUT2D eigenvalue weighted by Gasteiger charge is -2.33. The number of ether oxygens (including phenoxy) is 2. The predicted octanol–water partition coefficient (Wildman–Crippen LogP) is 3.41. The number of rotatable bonds is 4. The van der Waals surface area contributed by atoms with Crippen LogP contribution in [0.3, 0.4) is 0 Å². The average Bonchev–Trinajstić information content (AvgIpc) is 3.15. The fraction of sp³-hybridized carbons (Fsp3) is 0.250. The fourth-order valence-electron chi connectivity index (χ4n) is 2.94. The SMILES string of the molecule is CC1(C(=O)O)COC(c2nc(-c3ccc(F)cc3)c(-c3ccncc3)[nH]2)OC1. The molecule has 4 rings (SSSR count). The van der Waals surface area contributed by atoms with Gasteiger partial charge in [-0.05, 0) is 43.3 Å². The molecular formula is C20H18FN3O4. The Bertz CT molecular complexity index is 980. The van der Waals surface area contributed by atoms with E-state index in [4.69, 9.17) is 9.47 Å². The van der Waals surface area contributed by atoms with Crippen LogP contribution in [0.15, 0.2) is 48.8 Å². The standard InChI is InChI=1S/C20H18FN3O4/c1-20(19(25)26)10-27-18(28-11-20)17-23-15(12-2-4-14(21)5-3-12)16(24-17)13-6-8-22-9-7-13/h2-9,18H,10-11H2,1H3,(H,23,24)(H,25,26). The van der Waals surface area contributed by atoms with Crippen molar-refractivity contribution < 1.29 is 23.8 Å². The molecule has 1 aliphatic rings. The number of aromatic amines is 1. The van der Waals surface area contributed by atoms with Gasteiger partial charge in [0, 0.05) is 23.5 Å². The van der Waals surface area contributed by atoms with Crippen LogP contribution in [-0.2, 0) is 14.3 Å². The minimum atomic E-state index is -1.10. The molecule has 0 aliphatic carbocycles. The van der Waals surface area contributed by atoms with Crippen molar-refractivity contribution in [1.29, 1.82) is 0 Å². The largest absolute Gasteiger partial charge is 0.481 e. The first-order valence-corrected chi connectivity index (χ1v) is 8.69. The zero-order valence-electron chi connectivity index (χ0n) is 15.1. The summed E-state index contributed by atoms with van der Waals surface area (Å²) in [5, 5.41) is 9.30. The van der Waals surface area contributed by atoms with Crippen molar-refractivity contribution in [3.63, 3.8) is 0 Å². The summed E-state index contributed by atoms with van der Waals surface area (Å²) in [6.07, 6.45) is 2.51. The second-order valence-electron chi connectivity index (χ2n) is 6.91. The number of pyridine rings is 1. The van der Waals surface area contributed by atoms with Gasteiger partial charge in [0.25, 0.3) is 0 Å². The Morgan fingerprint density at radius 3 is 2.39 bits per heavy atom. The number of nitrogens with zero attached hydrogens (tertiary/aromatic N) is 2. The van der Waals surface area contributed by atoms with Gasteiger partial charge in [0.15, 0.2) is 5.82 Å². The summed E-state index contributed by atoms with van der Waals surface area (Å²) in [7, 11) is 0. The molecule has 0 saturated carbocycles. The highest BCUT2D eigenvalue weighted by molar-refractivity contribution is 5.78. The van der Waals surface area contributed by atoms with Gasteiger partial charge < -0.3 is 19.6 Å². The zero-order chi connectivity index (χ0) is 19.7. The van der Waals surface area contributed by atoms with Crippen LogP contribution < -0.4 is 0 Å². The summed E-state index contributed by atoms with van der Waals surface area (Å²) in [5.74, 6) is -0.898. The molecule has 144 valence electrons. The molecule has 2 N–H and O–H groups in total. The normalized spacial score (nSPS) is 22.1. The summed E-state index contributed by atoms with van der Waals surface area (Å²) in [6, 6.07) is 9.68. The van der Waals surface area contributed by atoms with Gasteiger partial charge in [0.1, 0.15) is 11.2 Å². The number of carbonyl (C=O) groups is 1. The van der Waals surface area contributed by atoms with E-state index in [1.54, 1.807) is 31.5 Å². The van der Waals surface area contributed by atoms with Crippen molar-refractivity contribution in [3.05, 3.63) is 60.4 Å². The molecule has 0 bridgehead atoms. The van der Waals surface area contributed by atoms with Crippen molar-refractivity contribution in [2.24, 2.45) is 5.41 Å². The average molecular weight is 383 g/mol. The van der Waals surface area contributed by atoms with Crippen LogP contribution in [0, 0.1) is 11.2 Å². The summed E-state index contributed by atoms with van der Waals surface area (Å²) in [6.45, 7) is 1.58. The molecule has 1 aromatic carbocycles. The summed E-state index contributed by atoms with van der Waals surface area (Å²) in [5.41, 5.74) is 1.79. The monoisotopic (exact) mass is 383 g/mol. The molecule has 0 amide bonds. The van der Waals surface area contributed by atoms with Crippen LogP contribution in [0.25, 0.3) is 22.5 Å². The summed E-state index contributed by atoms with van der Waals surface area (Å²) in [4.78, 5) is 23.2. The molecule has 3 aromatic rings. The van der Waals surface area contributed by atoms with Crippen molar-refractivity contribution >= 4 is 5.97 Å². The molecule has 0 atom stereocenters. The molecule has 2 aromatic heterocycles. The van der Waals surface area contributed by atoms with Crippen molar-refractivity contribution in [1.82, 2.24) is 15.0 Å². The Labute approximate surface area is 160 Å². The zero-order valence-corrected chi connectivity index (χ0v) is 15.1. The first-order chi connectivity index (χ1) is 13.5. The third-order valence-electron chi connectivity index (χ3n) is 4.65.